The number of nitrogens with zero attached hydrogens (tertiary/aromatic N) is 2. The van der Waals surface area contributed by atoms with E-state index in [1.54, 1.807) is 74.6 Å². The summed E-state index contributed by atoms with van der Waals surface area (Å²) in [6.07, 6.45) is 0. The van der Waals surface area contributed by atoms with Gasteiger partial charge in [-0.25, -0.2) is 0 Å². The smallest absolute Gasteiger partial charge is 0.253 e. The molecule has 2 N–H and O–H groups in total. The highest BCUT2D eigenvalue weighted by Crippen LogP contribution is 2.16. The van der Waals surface area contributed by atoms with Crippen LogP contribution in [-0.4, -0.2) is 68.4 Å². The van der Waals surface area contributed by atoms with Crippen LogP contribution in [0.3, 0.4) is 0 Å². The van der Waals surface area contributed by atoms with Gasteiger partial charge in [0, 0.05) is 37.1 Å². The van der Waals surface area contributed by atoms with Gasteiger partial charge in [0.25, 0.3) is 5.91 Å². The number of nitrogens with one attached hydrogen (secondary N) is 2. The first-order chi connectivity index (χ1) is 14.3. The van der Waals surface area contributed by atoms with Crippen molar-refractivity contribution < 1.29 is 19.1 Å². The molecule has 0 bridgehead atoms. The molecule has 2 aromatic rings. The molecule has 30 heavy (non-hydrogen) atoms. The number of hydrogen-bond acceptors (Lipinski definition) is 5. The number of likely N-dealkylation sites (N-methyl/N-ethyl adjacent to an activating group) is 1. The molecule has 0 saturated heterocycles. The summed E-state index contributed by atoms with van der Waals surface area (Å²) in [5.41, 5.74) is 1.77. The quantitative estimate of drug-likeness (QED) is 0.660. The maximum absolute atomic E-state index is 12.4. The second-order valence-corrected chi connectivity index (χ2v) is 6.91. The van der Waals surface area contributed by atoms with Crippen LogP contribution in [-0.2, 0) is 9.59 Å². The lowest BCUT2D eigenvalue weighted by Gasteiger charge is -2.19. The summed E-state index contributed by atoms with van der Waals surface area (Å²) in [6.45, 7) is 2.57. The van der Waals surface area contributed by atoms with Crippen molar-refractivity contribution in [3.63, 3.8) is 0 Å². The van der Waals surface area contributed by atoms with E-state index < -0.39 is 0 Å². The Morgan fingerprint density at radius 3 is 2.03 bits per heavy atom. The molecule has 0 aromatic heterocycles. The van der Waals surface area contributed by atoms with E-state index >= 15 is 0 Å². The number of amides is 3. The van der Waals surface area contributed by atoms with Gasteiger partial charge >= 0.3 is 0 Å². The summed E-state index contributed by atoms with van der Waals surface area (Å²) in [4.78, 5) is 39.8. The van der Waals surface area contributed by atoms with Crippen LogP contribution in [0.1, 0.15) is 17.3 Å². The first-order valence-corrected chi connectivity index (χ1v) is 9.60. The topological polar surface area (TPSA) is 91.0 Å². The Morgan fingerprint density at radius 1 is 0.900 bits per heavy atom. The first kappa shape index (κ1) is 22.9. The lowest BCUT2D eigenvalue weighted by atomic mass is 10.2. The summed E-state index contributed by atoms with van der Waals surface area (Å²) in [5.74, 6) is 0.0899. The zero-order valence-corrected chi connectivity index (χ0v) is 17.8. The molecular weight excluding hydrogens is 384 g/mol. The van der Waals surface area contributed by atoms with Gasteiger partial charge < -0.3 is 20.3 Å². The van der Waals surface area contributed by atoms with Gasteiger partial charge in [0.1, 0.15) is 5.75 Å². The number of benzene rings is 2. The second-order valence-electron chi connectivity index (χ2n) is 6.91. The van der Waals surface area contributed by atoms with Crippen LogP contribution in [0.25, 0.3) is 0 Å². The molecule has 0 unspecified atom stereocenters. The van der Waals surface area contributed by atoms with Crippen LogP contribution in [0.2, 0.25) is 0 Å². The number of carbonyl (C=O) groups is 3. The monoisotopic (exact) mass is 412 g/mol. The Hall–Kier alpha value is -3.39. The van der Waals surface area contributed by atoms with Crippen molar-refractivity contribution in [1.29, 1.82) is 0 Å². The number of anilines is 2. The molecule has 2 aromatic carbocycles. The zero-order valence-electron chi connectivity index (χ0n) is 17.8. The first-order valence-electron chi connectivity index (χ1n) is 9.60. The van der Waals surface area contributed by atoms with Gasteiger partial charge in [0.05, 0.1) is 20.2 Å². The van der Waals surface area contributed by atoms with Gasteiger partial charge in [-0.2, -0.15) is 0 Å². The summed E-state index contributed by atoms with van der Waals surface area (Å²) in [5, 5.41) is 5.59. The highest BCUT2D eigenvalue weighted by atomic mass is 16.5. The molecule has 0 radical (unpaired) electrons. The van der Waals surface area contributed by atoms with Crippen LogP contribution < -0.4 is 15.4 Å². The van der Waals surface area contributed by atoms with E-state index in [4.69, 9.17) is 4.74 Å². The Kier molecular flexibility index (Phi) is 8.37. The van der Waals surface area contributed by atoms with E-state index in [0.29, 0.717) is 29.2 Å². The van der Waals surface area contributed by atoms with Crippen molar-refractivity contribution in [3.05, 3.63) is 54.1 Å². The molecule has 3 amide bonds. The third kappa shape index (κ3) is 6.89. The molecule has 0 aliphatic heterocycles. The molecular formula is C22H28N4O4. The molecule has 0 spiro atoms. The zero-order chi connectivity index (χ0) is 22.1. The second kappa shape index (κ2) is 11.0. The standard InChI is InChI=1S/C22H28N4O4/c1-5-26(15-21(28)24-18-7-6-8-19(13-18)30-4)14-20(27)23-17-11-9-16(10-12-17)22(29)25(2)3/h6-13H,5,14-15H2,1-4H3,(H,23,27)(H,24,28). The van der Waals surface area contributed by atoms with Crippen molar-refractivity contribution in [2.24, 2.45) is 0 Å². The lowest BCUT2D eigenvalue weighted by Crippen LogP contribution is -2.38. The molecule has 8 heteroatoms. The van der Waals surface area contributed by atoms with Gasteiger partial charge in [0.2, 0.25) is 11.8 Å². The van der Waals surface area contributed by atoms with Gasteiger partial charge in [-0.15, -0.1) is 0 Å². The van der Waals surface area contributed by atoms with Crippen molar-refractivity contribution in [1.82, 2.24) is 9.80 Å². The molecule has 0 atom stereocenters. The maximum Gasteiger partial charge on any atom is 0.253 e. The molecule has 8 nitrogen and oxygen atoms in total. The van der Waals surface area contributed by atoms with E-state index in [1.165, 1.54) is 4.90 Å². The van der Waals surface area contributed by atoms with E-state index in [0.717, 1.165) is 0 Å². The van der Waals surface area contributed by atoms with Crippen LogP contribution in [0.15, 0.2) is 48.5 Å². The van der Waals surface area contributed by atoms with E-state index in [1.807, 2.05) is 6.92 Å². The third-order valence-corrected chi connectivity index (χ3v) is 4.36. The Balaban J connectivity index is 1.87. The Labute approximate surface area is 176 Å². The van der Waals surface area contributed by atoms with E-state index in [2.05, 4.69) is 10.6 Å². The van der Waals surface area contributed by atoms with Crippen molar-refractivity contribution in [2.75, 3.05) is 51.5 Å². The highest BCUT2D eigenvalue weighted by molar-refractivity contribution is 5.96. The summed E-state index contributed by atoms with van der Waals surface area (Å²) in [6, 6.07) is 13.8. The molecule has 0 aliphatic rings. The number of hydrogen-bond donors (Lipinski definition) is 2. The number of ether oxygens (including phenoxy) is 1. The maximum atomic E-state index is 12.4. The Bertz CT molecular complexity index is 881. The summed E-state index contributed by atoms with van der Waals surface area (Å²) in [7, 11) is 4.93. The minimum Gasteiger partial charge on any atom is -0.497 e. The number of rotatable bonds is 9. The van der Waals surface area contributed by atoms with Crippen LogP contribution in [0.4, 0.5) is 11.4 Å². The van der Waals surface area contributed by atoms with Gasteiger partial charge in [-0.1, -0.05) is 13.0 Å². The molecule has 2 rings (SSSR count). The average molecular weight is 412 g/mol. The Morgan fingerprint density at radius 2 is 1.50 bits per heavy atom. The van der Waals surface area contributed by atoms with Gasteiger partial charge in [0.15, 0.2) is 0 Å². The number of carbonyl (C=O) groups excluding carboxylic acids is 3. The fraction of sp³-hybridized carbons (Fsp3) is 0.318. The largest absolute Gasteiger partial charge is 0.497 e. The van der Waals surface area contributed by atoms with Crippen LogP contribution in [0, 0.1) is 0 Å². The van der Waals surface area contributed by atoms with Crippen molar-refractivity contribution >= 4 is 29.1 Å². The van der Waals surface area contributed by atoms with Gasteiger partial charge in [-0.05, 0) is 42.9 Å². The molecule has 0 fully saturated rings. The normalized spacial score (nSPS) is 10.4. The highest BCUT2D eigenvalue weighted by Gasteiger charge is 2.14. The predicted octanol–water partition coefficient (Wildman–Crippen LogP) is 2.30. The molecule has 0 aliphatic carbocycles. The summed E-state index contributed by atoms with van der Waals surface area (Å²) < 4.78 is 5.14. The molecule has 0 saturated carbocycles. The molecule has 0 heterocycles. The fourth-order valence-electron chi connectivity index (χ4n) is 2.74. The summed E-state index contributed by atoms with van der Waals surface area (Å²) >= 11 is 0. The van der Waals surface area contributed by atoms with Crippen LogP contribution in [0.5, 0.6) is 5.75 Å². The minimum atomic E-state index is -0.238. The minimum absolute atomic E-state index is 0.0699. The lowest BCUT2D eigenvalue weighted by molar-refractivity contribution is -0.119. The fourth-order valence-corrected chi connectivity index (χ4v) is 2.74. The number of methoxy groups -OCH3 is 1. The van der Waals surface area contributed by atoms with E-state index in [9.17, 15) is 14.4 Å². The van der Waals surface area contributed by atoms with Crippen molar-refractivity contribution in [3.8, 4) is 5.75 Å². The average Bonchev–Trinajstić information content (AvgIpc) is 2.73. The predicted molar refractivity (Wildman–Crippen MR) is 117 cm³/mol. The van der Waals surface area contributed by atoms with Crippen LogP contribution >= 0.6 is 0 Å². The van der Waals surface area contributed by atoms with Gasteiger partial charge in [-0.3, -0.25) is 19.3 Å². The molecule has 160 valence electrons. The SMILES string of the molecule is CCN(CC(=O)Nc1ccc(C(=O)N(C)C)cc1)CC(=O)Nc1cccc(OC)c1. The third-order valence-electron chi connectivity index (χ3n) is 4.36. The van der Waals surface area contributed by atoms with Crippen molar-refractivity contribution in [2.45, 2.75) is 6.92 Å². The van der Waals surface area contributed by atoms with E-state index in [-0.39, 0.29) is 30.8 Å².